The van der Waals surface area contributed by atoms with Gasteiger partial charge in [-0.25, -0.2) is 0 Å². The van der Waals surface area contributed by atoms with Crippen molar-refractivity contribution in [1.29, 1.82) is 0 Å². The molecule has 0 radical (unpaired) electrons. The molecule has 0 saturated heterocycles. The molecular formula is C22H39NOSi. The Morgan fingerprint density at radius 2 is 1.48 bits per heavy atom. The zero-order valence-electron chi connectivity index (χ0n) is 17.4. The molecule has 0 aliphatic rings. The summed E-state index contributed by atoms with van der Waals surface area (Å²) >= 11 is 0. The van der Waals surface area contributed by atoms with E-state index in [1.807, 2.05) is 6.08 Å². The van der Waals surface area contributed by atoms with E-state index in [0.29, 0.717) is 22.7 Å². The normalized spacial score (nSPS) is 15.0. The third kappa shape index (κ3) is 5.80. The highest BCUT2D eigenvalue weighted by atomic mass is 28.4. The van der Waals surface area contributed by atoms with Crippen LogP contribution in [0.4, 0.5) is 0 Å². The van der Waals surface area contributed by atoms with Crippen molar-refractivity contribution >= 4 is 8.32 Å². The summed E-state index contributed by atoms with van der Waals surface area (Å²) in [6.45, 7) is 21.1. The number of hydrogen-bond acceptors (Lipinski definition) is 2. The van der Waals surface area contributed by atoms with Crippen molar-refractivity contribution in [3.63, 3.8) is 0 Å². The van der Waals surface area contributed by atoms with E-state index >= 15 is 0 Å². The maximum Gasteiger partial charge on any atom is 0.200 e. The molecule has 0 fully saturated rings. The minimum atomic E-state index is -1.87. The van der Waals surface area contributed by atoms with Gasteiger partial charge in [0.2, 0.25) is 8.32 Å². The van der Waals surface area contributed by atoms with Gasteiger partial charge in [-0.2, -0.15) is 0 Å². The van der Waals surface area contributed by atoms with Crippen LogP contribution < -0.4 is 5.32 Å². The maximum absolute atomic E-state index is 6.95. The van der Waals surface area contributed by atoms with Crippen LogP contribution in [0.3, 0.4) is 0 Å². The summed E-state index contributed by atoms with van der Waals surface area (Å²) in [5, 5.41) is 3.70. The molecule has 0 unspecified atom stereocenters. The third-order valence-corrected chi connectivity index (χ3v) is 11.7. The average molecular weight is 362 g/mol. The van der Waals surface area contributed by atoms with Crippen LogP contribution in [0.25, 0.3) is 0 Å². The molecule has 0 spiro atoms. The Morgan fingerprint density at radius 1 is 0.960 bits per heavy atom. The minimum Gasteiger partial charge on any atom is -0.412 e. The fourth-order valence-electron chi connectivity index (χ4n) is 4.28. The van der Waals surface area contributed by atoms with Crippen molar-refractivity contribution in [2.45, 2.75) is 90.2 Å². The van der Waals surface area contributed by atoms with Crippen molar-refractivity contribution in [3.05, 3.63) is 48.6 Å². The topological polar surface area (TPSA) is 21.3 Å². The molecule has 25 heavy (non-hydrogen) atoms. The largest absolute Gasteiger partial charge is 0.412 e. The van der Waals surface area contributed by atoms with Crippen LogP contribution in [0.15, 0.2) is 43.0 Å². The molecule has 1 aromatic carbocycles. The van der Waals surface area contributed by atoms with E-state index in [2.05, 4.69) is 90.7 Å². The van der Waals surface area contributed by atoms with Crippen molar-refractivity contribution in [3.8, 4) is 0 Å². The summed E-state index contributed by atoms with van der Waals surface area (Å²) in [4.78, 5) is 0. The second-order valence-corrected chi connectivity index (χ2v) is 13.5. The number of rotatable bonds is 11. The van der Waals surface area contributed by atoms with Crippen LogP contribution in [0.1, 0.15) is 60.5 Å². The molecule has 1 rings (SSSR count). The van der Waals surface area contributed by atoms with Gasteiger partial charge in [0.25, 0.3) is 0 Å². The molecule has 2 atom stereocenters. The summed E-state index contributed by atoms with van der Waals surface area (Å²) in [5.74, 6) is 0. The SMILES string of the molecule is C=CC[C@H](NCc1ccccc1)[C@H](C)O[Si](C(C)C)(C(C)C)C(C)C. The third-order valence-electron chi connectivity index (χ3n) is 5.50. The number of hydrogen-bond donors (Lipinski definition) is 1. The Kier molecular flexibility index (Phi) is 9.12. The van der Waals surface area contributed by atoms with Crippen molar-refractivity contribution < 1.29 is 4.43 Å². The van der Waals surface area contributed by atoms with Gasteiger partial charge in [-0.1, -0.05) is 78.0 Å². The lowest BCUT2D eigenvalue weighted by molar-refractivity contribution is 0.146. The standard InChI is InChI=1S/C22H39NOSi/c1-9-13-22(23-16-21-14-11-10-12-15-21)20(8)24-25(17(2)3,18(4)5)19(6)7/h9-12,14-15,17-20,22-23H,1,13,16H2,2-8H3/t20-,22-/m0/s1. The fraction of sp³-hybridized carbons (Fsp3) is 0.636. The van der Waals surface area contributed by atoms with E-state index < -0.39 is 8.32 Å². The van der Waals surface area contributed by atoms with Gasteiger partial charge >= 0.3 is 0 Å². The molecule has 3 heteroatoms. The lowest BCUT2D eigenvalue weighted by atomic mass is 10.1. The van der Waals surface area contributed by atoms with E-state index in [1.54, 1.807) is 0 Å². The van der Waals surface area contributed by atoms with Crippen molar-refractivity contribution in [1.82, 2.24) is 5.32 Å². The van der Waals surface area contributed by atoms with E-state index in [4.69, 9.17) is 4.43 Å². The molecular weight excluding hydrogens is 322 g/mol. The predicted molar refractivity (Wildman–Crippen MR) is 113 cm³/mol. The maximum atomic E-state index is 6.95. The van der Waals surface area contributed by atoms with Gasteiger partial charge in [0.15, 0.2) is 0 Å². The van der Waals surface area contributed by atoms with Crippen LogP contribution in [0.5, 0.6) is 0 Å². The van der Waals surface area contributed by atoms with Gasteiger partial charge in [-0.05, 0) is 35.5 Å². The first-order valence-corrected chi connectivity index (χ1v) is 12.0. The fourth-order valence-corrected chi connectivity index (χ4v) is 9.90. The van der Waals surface area contributed by atoms with Crippen LogP contribution >= 0.6 is 0 Å². The first kappa shape index (κ1) is 22.1. The molecule has 0 bridgehead atoms. The van der Waals surface area contributed by atoms with Crippen LogP contribution in [-0.2, 0) is 11.0 Å². The van der Waals surface area contributed by atoms with E-state index in [9.17, 15) is 0 Å². The van der Waals surface area contributed by atoms with Crippen LogP contribution in [0, 0.1) is 0 Å². The smallest absolute Gasteiger partial charge is 0.200 e. The van der Waals surface area contributed by atoms with Crippen molar-refractivity contribution in [2.75, 3.05) is 0 Å². The zero-order valence-corrected chi connectivity index (χ0v) is 18.4. The second-order valence-electron chi connectivity index (χ2n) is 8.14. The van der Waals surface area contributed by atoms with Gasteiger partial charge in [0.1, 0.15) is 0 Å². The molecule has 1 N–H and O–H groups in total. The molecule has 2 nitrogen and oxygen atoms in total. The zero-order chi connectivity index (χ0) is 19.0. The number of nitrogens with one attached hydrogen (secondary N) is 1. The molecule has 1 aromatic rings. The van der Waals surface area contributed by atoms with E-state index in [-0.39, 0.29) is 6.10 Å². The Morgan fingerprint density at radius 3 is 1.92 bits per heavy atom. The first-order valence-electron chi connectivity index (χ1n) is 9.81. The predicted octanol–water partition coefficient (Wildman–Crippen LogP) is 6.30. The van der Waals surface area contributed by atoms with Gasteiger partial charge in [0.05, 0.1) is 6.10 Å². The molecule has 0 aliphatic heterocycles. The molecule has 0 heterocycles. The van der Waals surface area contributed by atoms with Gasteiger partial charge in [-0.15, -0.1) is 6.58 Å². The summed E-state index contributed by atoms with van der Waals surface area (Å²) in [6, 6.07) is 10.9. The molecule has 0 aromatic heterocycles. The summed E-state index contributed by atoms with van der Waals surface area (Å²) in [6.07, 6.45) is 3.11. The lowest BCUT2D eigenvalue weighted by Gasteiger charge is -2.45. The first-order chi connectivity index (χ1) is 11.8. The van der Waals surface area contributed by atoms with Gasteiger partial charge in [0, 0.05) is 12.6 Å². The number of benzene rings is 1. The highest BCUT2D eigenvalue weighted by Gasteiger charge is 2.46. The minimum absolute atomic E-state index is 0.181. The Hall–Kier alpha value is -0.903. The summed E-state index contributed by atoms with van der Waals surface area (Å²) < 4.78 is 6.95. The summed E-state index contributed by atoms with van der Waals surface area (Å²) in [7, 11) is -1.87. The van der Waals surface area contributed by atoms with Gasteiger partial charge < -0.3 is 9.74 Å². The quantitative estimate of drug-likeness (QED) is 0.369. The Bertz CT molecular complexity index is 476. The monoisotopic (exact) mass is 361 g/mol. The molecule has 0 amide bonds. The van der Waals surface area contributed by atoms with Crippen LogP contribution in [-0.4, -0.2) is 20.5 Å². The Balaban J connectivity index is 2.89. The highest BCUT2D eigenvalue weighted by Crippen LogP contribution is 2.43. The lowest BCUT2D eigenvalue weighted by Crippen LogP contribution is -2.53. The van der Waals surface area contributed by atoms with Gasteiger partial charge in [-0.3, -0.25) is 0 Å². The highest BCUT2D eigenvalue weighted by molar-refractivity contribution is 6.77. The van der Waals surface area contributed by atoms with E-state index in [0.717, 1.165) is 13.0 Å². The van der Waals surface area contributed by atoms with Crippen LogP contribution in [0.2, 0.25) is 16.6 Å². The van der Waals surface area contributed by atoms with E-state index in [1.165, 1.54) is 5.56 Å². The molecule has 142 valence electrons. The second kappa shape index (κ2) is 10.3. The Labute approximate surface area is 157 Å². The summed E-state index contributed by atoms with van der Waals surface area (Å²) in [5.41, 5.74) is 3.12. The average Bonchev–Trinajstić information content (AvgIpc) is 2.56. The van der Waals surface area contributed by atoms with Crippen molar-refractivity contribution in [2.24, 2.45) is 0 Å². The molecule has 0 saturated carbocycles. The molecule has 0 aliphatic carbocycles.